The highest BCUT2D eigenvalue weighted by Crippen LogP contribution is 2.37. The molecule has 1 unspecified atom stereocenters. The van der Waals surface area contributed by atoms with Crippen molar-refractivity contribution in [3.63, 3.8) is 0 Å². The van der Waals surface area contributed by atoms with Gasteiger partial charge in [-0.15, -0.1) is 4.91 Å². The summed E-state index contributed by atoms with van der Waals surface area (Å²) in [6.07, 6.45) is 1.16. The largest absolute Gasteiger partial charge is 0.379 e. The van der Waals surface area contributed by atoms with Crippen LogP contribution in [0.25, 0.3) is 10.9 Å². The number of halogens is 1. The second-order valence-corrected chi connectivity index (χ2v) is 5.29. The molecule has 2 aromatic rings. The van der Waals surface area contributed by atoms with Gasteiger partial charge < -0.3 is 10.5 Å². The van der Waals surface area contributed by atoms with Crippen LogP contribution in [0.15, 0.2) is 29.6 Å². The Labute approximate surface area is 126 Å². The van der Waals surface area contributed by atoms with E-state index in [9.17, 15) is 4.91 Å². The number of aromatic nitrogens is 1. The number of nitrogens with zero attached hydrogens (tertiary/aromatic N) is 3. The number of hydrogen-bond acceptors (Lipinski definition) is 6. The molecule has 1 aliphatic rings. The van der Waals surface area contributed by atoms with Crippen LogP contribution in [0.5, 0.6) is 0 Å². The van der Waals surface area contributed by atoms with Gasteiger partial charge in [-0.25, -0.2) is 0 Å². The van der Waals surface area contributed by atoms with Gasteiger partial charge in [0.2, 0.25) is 0 Å². The van der Waals surface area contributed by atoms with Crippen molar-refractivity contribution in [3.8, 4) is 0 Å². The van der Waals surface area contributed by atoms with E-state index in [0.29, 0.717) is 47.8 Å². The van der Waals surface area contributed by atoms with E-state index in [-0.39, 0.29) is 5.69 Å². The molecule has 1 aromatic carbocycles. The predicted molar refractivity (Wildman–Crippen MR) is 81.5 cm³/mol. The quantitative estimate of drug-likeness (QED) is 0.881. The van der Waals surface area contributed by atoms with E-state index in [1.165, 1.54) is 0 Å². The van der Waals surface area contributed by atoms with Crippen LogP contribution in [0.3, 0.4) is 0 Å². The summed E-state index contributed by atoms with van der Waals surface area (Å²) in [7, 11) is 0. The Hall–Kier alpha value is -1.60. The Morgan fingerprint density at radius 1 is 1.43 bits per heavy atom. The first-order valence-electron chi connectivity index (χ1n) is 6.70. The Balaban J connectivity index is 2.10. The summed E-state index contributed by atoms with van der Waals surface area (Å²) < 4.78 is 5.32. The molecule has 0 radical (unpaired) electrons. The average molecular weight is 307 g/mol. The second-order valence-electron chi connectivity index (χ2n) is 4.88. The molecule has 1 saturated heterocycles. The average Bonchev–Trinajstić information content (AvgIpc) is 2.55. The molecule has 110 valence electrons. The monoisotopic (exact) mass is 306 g/mol. The van der Waals surface area contributed by atoms with Crippen LogP contribution in [0, 0.1) is 4.91 Å². The molecule has 6 nitrogen and oxygen atoms in total. The Morgan fingerprint density at radius 2 is 2.19 bits per heavy atom. The number of pyridine rings is 1. The third-order valence-corrected chi connectivity index (χ3v) is 4.01. The topological polar surface area (TPSA) is 80.8 Å². The van der Waals surface area contributed by atoms with Crippen LogP contribution in [0.4, 0.5) is 5.69 Å². The van der Waals surface area contributed by atoms with E-state index >= 15 is 0 Å². The van der Waals surface area contributed by atoms with Gasteiger partial charge in [0.25, 0.3) is 0 Å². The first-order valence-corrected chi connectivity index (χ1v) is 7.08. The molecule has 0 saturated carbocycles. The van der Waals surface area contributed by atoms with E-state index in [4.69, 9.17) is 22.1 Å². The van der Waals surface area contributed by atoms with Crippen molar-refractivity contribution < 1.29 is 4.74 Å². The summed E-state index contributed by atoms with van der Waals surface area (Å²) in [4.78, 5) is 17.6. The normalized spacial score (nSPS) is 17.8. The van der Waals surface area contributed by atoms with Crippen LogP contribution < -0.4 is 5.73 Å². The second kappa shape index (κ2) is 6.03. The number of benzene rings is 1. The zero-order valence-corrected chi connectivity index (χ0v) is 12.1. The minimum Gasteiger partial charge on any atom is -0.379 e. The van der Waals surface area contributed by atoms with Gasteiger partial charge in [0.15, 0.2) is 0 Å². The molecule has 1 aromatic heterocycles. The fourth-order valence-electron chi connectivity index (χ4n) is 2.58. The molecule has 21 heavy (non-hydrogen) atoms. The minimum absolute atomic E-state index is 0.258. The van der Waals surface area contributed by atoms with Crippen molar-refractivity contribution in [3.05, 3.63) is 39.9 Å². The lowest BCUT2D eigenvalue weighted by Crippen LogP contribution is -2.42. The summed E-state index contributed by atoms with van der Waals surface area (Å²) in [5.74, 6) is 0. The molecular formula is C14H15ClN4O2. The number of ether oxygens (including phenoxy) is 1. The van der Waals surface area contributed by atoms with Crippen molar-refractivity contribution in [1.29, 1.82) is 0 Å². The first kappa shape index (κ1) is 14.3. The zero-order valence-electron chi connectivity index (χ0n) is 11.3. The van der Waals surface area contributed by atoms with Crippen molar-refractivity contribution in [2.24, 2.45) is 10.9 Å². The summed E-state index contributed by atoms with van der Waals surface area (Å²) >= 11 is 6.29. The van der Waals surface area contributed by atoms with Gasteiger partial charge in [0, 0.05) is 30.2 Å². The number of morpholine rings is 1. The van der Waals surface area contributed by atoms with E-state index in [2.05, 4.69) is 10.2 Å². The smallest absolute Gasteiger partial charge is 0.140 e. The Kier molecular flexibility index (Phi) is 4.12. The van der Waals surface area contributed by atoms with Gasteiger partial charge in [0.1, 0.15) is 11.2 Å². The molecule has 1 aliphatic heterocycles. The van der Waals surface area contributed by atoms with Crippen LogP contribution in [0.1, 0.15) is 11.7 Å². The van der Waals surface area contributed by atoms with Gasteiger partial charge in [0.05, 0.1) is 24.4 Å². The fourth-order valence-corrected chi connectivity index (χ4v) is 2.85. The zero-order chi connectivity index (χ0) is 14.8. The van der Waals surface area contributed by atoms with Crippen molar-refractivity contribution in [2.75, 3.05) is 26.3 Å². The molecule has 0 aliphatic carbocycles. The minimum atomic E-state index is -0.453. The van der Waals surface area contributed by atoms with Crippen LogP contribution in [-0.2, 0) is 4.74 Å². The molecule has 0 spiro atoms. The van der Waals surface area contributed by atoms with Crippen molar-refractivity contribution in [2.45, 2.75) is 6.17 Å². The molecule has 0 amide bonds. The first-order chi connectivity index (χ1) is 10.2. The lowest BCUT2D eigenvalue weighted by molar-refractivity contribution is 0.0174. The molecule has 1 fully saturated rings. The van der Waals surface area contributed by atoms with E-state index < -0.39 is 6.17 Å². The number of rotatable bonds is 3. The van der Waals surface area contributed by atoms with E-state index in [1.807, 2.05) is 11.0 Å². The maximum absolute atomic E-state index is 11.3. The third kappa shape index (κ3) is 2.63. The number of hydrogen-bond donors (Lipinski definition) is 1. The lowest BCUT2D eigenvalue weighted by atomic mass is 10.0. The number of nitrogens with two attached hydrogens (primary N) is 1. The third-order valence-electron chi connectivity index (χ3n) is 3.69. The van der Waals surface area contributed by atoms with Gasteiger partial charge in [-0.2, -0.15) is 0 Å². The van der Waals surface area contributed by atoms with E-state index in [0.717, 1.165) is 0 Å². The van der Waals surface area contributed by atoms with Crippen LogP contribution in [0.2, 0.25) is 5.02 Å². The highest BCUT2D eigenvalue weighted by molar-refractivity contribution is 6.36. The highest BCUT2D eigenvalue weighted by Gasteiger charge is 2.24. The number of nitroso groups, excluding NO2 is 1. The lowest BCUT2D eigenvalue weighted by Gasteiger charge is -2.32. The molecule has 2 N–H and O–H groups in total. The van der Waals surface area contributed by atoms with Crippen molar-refractivity contribution in [1.82, 2.24) is 9.88 Å². The predicted octanol–water partition coefficient (Wildman–Crippen LogP) is 2.58. The molecule has 2 heterocycles. The van der Waals surface area contributed by atoms with E-state index in [1.54, 1.807) is 18.3 Å². The van der Waals surface area contributed by atoms with Gasteiger partial charge >= 0.3 is 0 Å². The highest BCUT2D eigenvalue weighted by atomic mass is 35.5. The van der Waals surface area contributed by atoms with Crippen LogP contribution >= 0.6 is 11.6 Å². The molecule has 3 rings (SSSR count). The van der Waals surface area contributed by atoms with Gasteiger partial charge in [-0.1, -0.05) is 11.6 Å². The Bertz CT molecular complexity index is 673. The van der Waals surface area contributed by atoms with Crippen LogP contribution in [-0.4, -0.2) is 36.2 Å². The summed E-state index contributed by atoms with van der Waals surface area (Å²) in [5.41, 5.74) is 7.63. The SMILES string of the molecule is NC(c1cc(Cl)c2cccnc2c1N=O)N1CCOCC1. The van der Waals surface area contributed by atoms with Gasteiger partial charge in [-0.05, 0) is 23.4 Å². The molecule has 1 atom stereocenters. The van der Waals surface area contributed by atoms with Gasteiger partial charge in [-0.3, -0.25) is 9.88 Å². The number of fused-ring (bicyclic) bond motifs is 1. The fraction of sp³-hybridized carbons (Fsp3) is 0.357. The Morgan fingerprint density at radius 3 is 2.90 bits per heavy atom. The summed E-state index contributed by atoms with van der Waals surface area (Å²) in [6.45, 7) is 2.66. The molecule has 0 bridgehead atoms. The maximum Gasteiger partial charge on any atom is 0.140 e. The maximum atomic E-state index is 11.3. The van der Waals surface area contributed by atoms with Crippen molar-refractivity contribution >= 4 is 28.2 Å². The summed E-state index contributed by atoms with van der Waals surface area (Å²) in [5, 5.41) is 4.37. The standard InChI is InChI=1S/C14H15ClN4O2/c15-11-8-10(14(16)19-4-6-21-7-5-19)13(18-20)12-9(11)2-1-3-17-12/h1-3,8,14H,4-7,16H2. The molecule has 7 heteroatoms. The summed E-state index contributed by atoms with van der Waals surface area (Å²) in [6, 6.07) is 5.29. The molecular weight excluding hydrogens is 292 g/mol.